The monoisotopic (exact) mass is 405 g/mol. The van der Waals surface area contributed by atoms with Gasteiger partial charge in [0.05, 0.1) is 32.0 Å². The molecule has 9 nitrogen and oxygen atoms in total. The molecule has 3 heterocycles. The lowest BCUT2D eigenvalue weighted by Crippen LogP contribution is -2.62. The molecule has 0 amide bonds. The van der Waals surface area contributed by atoms with Gasteiger partial charge in [-0.15, -0.1) is 0 Å². The highest BCUT2D eigenvalue weighted by Gasteiger charge is 2.41. The van der Waals surface area contributed by atoms with Crippen molar-refractivity contribution in [3.63, 3.8) is 0 Å². The Bertz CT molecular complexity index is 738. The Hall–Kier alpha value is -1.99. The van der Waals surface area contributed by atoms with Gasteiger partial charge in [-0.2, -0.15) is 18.3 Å². The summed E-state index contributed by atoms with van der Waals surface area (Å²) in [7, 11) is 1.54. The number of allylic oxidation sites excluding steroid dienone is 1. The fourth-order valence-corrected chi connectivity index (χ4v) is 3.01. The zero-order chi connectivity index (χ0) is 20.5. The number of nitrogens with one attached hydrogen (secondary N) is 1. The molecular weight excluding hydrogens is 383 g/mol. The molecule has 28 heavy (non-hydrogen) atoms. The number of rotatable bonds is 5. The molecule has 0 saturated carbocycles. The average molecular weight is 405 g/mol. The van der Waals surface area contributed by atoms with Crippen LogP contribution in [-0.4, -0.2) is 86.2 Å². The SMILES string of the molecule is CN1C=CC(C(F)(F)F)=NC1N[C@H]1CO[C@H](Cn2cc(CO)cn2)[C@H](O)[C@@H]1O. The maximum Gasteiger partial charge on any atom is 0.433 e. The van der Waals surface area contributed by atoms with Crippen molar-refractivity contribution in [2.24, 2.45) is 4.99 Å². The first-order valence-electron chi connectivity index (χ1n) is 8.60. The van der Waals surface area contributed by atoms with Crippen LogP contribution in [0.1, 0.15) is 5.56 Å². The largest absolute Gasteiger partial charge is 0.433 e. The van der Waals surface area contributed by atoms with Crippen LogP contribution >= 0.6 is 0 Å². The second kappa shape index (κ2) is 8.17. The van der Waals surface area contributed by atoms with E-state index in [1.165, 1.54) is 29.0 Å². The third kappa shape index (κ3) is 4.52. The number of ether oxygens (including phenoxy) is 1. The fraction of sp³-hybridized carbons (Fsp3) is 0.625. The average Bonchev–Trinajstić information content (AvgIpc) is 3.10. The standard InChI is InChI=1S/C16H22F3N5O4/c1-23-3-2-12(16(17,18)19)22-15(23)21-10-8-28-11(14(27)13(10)26)6-24-5-9(7-25)4-20-24/h2-5,10-11,13-15,21,25-27H,6-8H2,1H3/t10-,11+,13+,14-,15?/m0/s1. The molecule has 1 saturated heterocycles. The number of alkyl halides is 3. The second-order valence-corrected chi connectivity index (χ2v) is 6.72. The Morgan fingerprint density at radius 3 is 2.71 bits per heavy atom. The predicted molar refractivity (Wildman–Crippen MR) is 91.0 cm³/mol. The summed E-state index contributed by atoms with van der Waals surface area (Å²) in [4.78, 5) is 5.04. The highest BCUT2D eigenvalue weighted by Crippen LogP contribution is 2.23. The molecule has 12 heteroatoms. The smallest absolute Gasteiger partial charge is 0.392 e. The molecular formula is C16H22F3N5O4. The Kier molecular flexibility index (Phi) is 6.05. The number of halogens is 3. The van der Waals surface area contributed by atoms with Crippen molar-refractivity contribution in [2.75, 3.05) is 13.7 Å². The van der Waals surface area contributed by atoms with E-state index >= 15 is 0 Å². The first-order valence-corrected chi connectivity index (χ1v) is 8.60. The van der Waals surface area contributed by atoms with Crippen LogP contribution in [0.2, 0.25) is 0 Å². The molecule has 1 aromatic rings. The lowest BCUT2D eigenvalue weighted by molar-refractivity contribution is -0.157. The van der Waals surface area contributed by atoms with Crippen LogP contribution in [0.25, 0.3) is 0 Å². The second-order valence-electron chi connectivity index (χ2n) is 6.72. The molecule has 4 N–H and O–H groups in total. The Labute approximate surface area is 158 Å². The quantitative estimate of drug-likeness (QED) is 0.507. The van der Waals surface area contributed by atoms with E-state index < -0.39 is 42.5 Å². The van der Waals surface area contributed by atoms with Gasteiger partial charge in [-0.3, -0.25) is 10.00 Å². The summed E-state index contributed by atoms with van der Waals surface area (Å²) < 4.78 is 45.7. The van der Waals surface area contributed by atoms with Crippen LogP contribution in [0.5, 0.6) is 0 Å². The molecule has 5 atom stereocenters. The molecule has 156 valence electrons. The molecule has 3 rings (SSSR count). The molecule has 2 aliphatic heterocycles. The third-order valence-electron chi connectivity index (χ3n) is 4.64. The van der Waals surface area contributed by atoms with Crippen molar-refractivity contribution < 1.29 is 33.2 Å². The summed E-state index contributed by atoms with van der Waals surface area (Å²) in [5, 5.41) is 36.6. The van der Waals surface area contributed by atoms with Gasteiger partial charge >= 0.3 is 6.18 Å². The normalized spacial score (nSPS) is 31.2. The zero-order valence-electron chi connectivity index (χ0n) is 15.0. The van der Waals surface area contributed by atoms with Gasteiger partial charge in [0, 0.05) is 25.0 Å². The molecule has 0 spiro atoms. The highest BCUT2D eigenvalue weighted by atomic mass is 19.4. The maximum absolute atomic E-state index is 12.9. The molecule has 0 bridgehead atoms. The molecule has 1 fully saturated rings. The van der Waals surface area contributed by atoms with Gasteiger partial charge in [0.25, 0.3) is 0 Å². The summed E-state index contributed by atoms with van der Waals surface area (Å²) in [6, 6.07) is -0.825. The number of aliphatic imine (C=N–C) groups is 1. The molecule has 0 aromatic carbocycles. The summed E-state index contributed by atoms with van der Waals surface area (Å²) in [5.74, 6) is 0. The molecule has 0 radical (unpaired) electrons. The highest BCUT2D eigenvalue weighted by molar-refractivity contribution is 5.99. The minimum Gasteiger partial charge on any atom is -0.392 e. The van der Waals surface area contributed by atoms with E-state index in [-0.39, 0.29) is 19.8 Å². The van der Waals surface area contributed by atoms with E-state index in [9.17, 15) is 23.4 Å². The lowest BCUT2D eigenvalue weighted by Gasteiger charge is -2.40. The molecule has 1 unspecified atom stereocenters. The number of nitrogens with zero attached hydrogens (tertiary/aromatic N) is 4. The van der Waals surface area contributed by atoms with Crippen LogP contribution in [-0.2, 0) is 17.9 Å². The zero-order valence-corrected chi connectivity index (χ0v) is 15.0. The number of aliphatic hydroxyl groups excluding tert-OH is 3. The third-order valence-corrected chi connectivity index (χ3v) is 4.64. The van der Waals surface area contributed by atoms with Gasteiger partial charge in [-0.1, -0.05) is 0 Å². The maximum atomic E-state index is 12.9. The van der Waals surface area contributed by atoms with Gasteiger partial charge in [0.1, 0.15) is 24.0 Å². The van der Waals surface area contributed by atoms with Crippen molar-refractivity contribution in [1.82, 2.24) is 20.0 Å². The lowest BCUT2D eigenvalue weighted by atomic mass is 9.98. The number of hydrogen-bond donors (Lipinski definition) is 4. The molecule has 1 aromatic heterocycles. The summed E-state index contributed by atoms with van der Waals surface area (Å²) in [6.07, 6.45) is -3.83. The van der Waals surface area contributed by atoms with Gasteiger partial charge in [-0.05, 0) is 6.08 Å². The van der Waals surface area contributed by atoms with Crippen LogP contribution < -0.4 is 5.32 Å². The Morgan fingerprint density at radius 2 is 2.07 bits per heavy atom. The predicted octanol–water partition coefficient (Wildman–Crippen LogP) is -0.800. The summed E-state index contributed by atoms with van der Waals surface area (Å²) >= 11 is 0. The van der Waals surface area contributed by atoms with Gasteiger partial charge < -0.3 is 25.0 Å². The van der Waals surface area contributed by atoms with E-state index in [0.29, 0.717) is 5.56 Å². The van der Waals surface area contributed by atoms with E-state index in [4.69, 9.17) is 9.84 Å². The van der Waals surface area contributed by atoms with Crippen LogP contribution in [0, 0.1) is 0 Å². The van der Waals surface area contributed by atoms with Gasteiger partial charge in [-0.25, -0.2) is 4.99 Å². The summed E-state index contributed by atoms with van der Waals surface area (Å²) in [5.41, 5.74) is -0.441. The summed E-state index contributed by atoms with van der Waals surface area (Å²) in [6.45, 7) is -0.0676. The van der Waals surface area contributed by atoms with E-state index in [1.54, 1.807) is 6.20 Å². The van der Waals surface area contributed by atoms with Gasteiger partial charge in [0.2, 0.25) is 0 Å². The minimum absolute atomic E-state index is 0.0397. The van der Waals surface area contributed by atoms with E-state index in [1.807, 2.05) is 0 Å². The Balaban J connectivity index is 1.62. The van der Waals surface area contributed by atoms with Crippen LogP contribution in [0.15, 0.2) is 29.7 Å². The number of hydrogen-bond acceptors (Lipinski definition) is 8. The molecule has 0 aliphatic carbocycles. The first-order chi connectivity index (χ1) is 13.2. The Morgan fingerprint density at radius 1 is 1.32 bits per heavy atom. The number of aliphatic hydroxyl groups is 3. The first kappa shape index (κ1) is 20.7. The minimum atomic E-state index is -4.58. The fourth-order valence-electron chi connectivity index (χ4n) is 3.01. The number of aromatic nitrogens is 2. The van der Waals surface area contributed by atoms with Crippen LogP contribution in [0.3, 0.4) is 0 Å². The van der Waals surface area contributed by atoms with Crippen molar-refractivity contribution in [3.8, 4) is 0 Å². The molecule has 2 aliphatic rings. The van der Waals surface area contributed by atoms with Crippen molar-refractivity contribution >= 4 is 5.71 Å². The van der Waals surface area contributed by atoms with E-state index in [0.717, 1.165) is 6.08 Å². The topological polar surface area (TPSA) is 115 Å². The van der Waals surface area contributed by atoms with Crippen molar-refractivity contribution in [1.29, 1.82) is 0 Å². The van der Waals surface area contributed by atoms with Crippen molar-refractivity contribution in [3.05, 3.63) is 30.2 Å². The van der Waals surface area contributed by atoms with Crippen LogP contribution in [0.4, 0.5) is 13.2 Å². The van der Waals surface area contributed by atoms with Crippen molar-refractivity contribution in [2.45, 2.75) is 50.0 Å². The van der Waals surface area contributed by atoms with Gasteiger partial charge in [0.15, 0.2) is 6.29 Å². The van der Waals surface area contributed by atoms with E-state index in [2.05, 4.69) is 15.4 Å².